The average Bonchev–Trinajstić information content (AvgIpc) is 2.18. The number of ketones is 1. The van der Waals surface area contributed by atoms with Gasteiger partial charge in [-0.15, -0.1) is 0 Å². The minimum Gasteiger partial charge on any atom is -0.435 e. The van der Waals surface area contributed by atoms with Gasteiger partial charge in [0.25, 0.3) is 0 Å². The molecule has 0 aliphatic heterocycles. The molecule has 0 amide bonds. The van der Waals surface area contributed by atoms with Gasteiger partial charge in [-0.1, -0.05) is 6.92 Å². The molecule has 1 rings (SSSR count). The van der Waals surface area contributed by atoms with Crippen LogP contribution in [0.4, 0.5) is 13.2 Å². The first kappa shape index (κ1) is 12.5. The number of ether oxygens (including phenoxy) is 1. The Balaban J connectivity index is 3.31. The zero-order valence-electron chi connectivity index (χ0n) is 8.89. The van der Waals surface area contributed by atoms with Crippen molar-refractivity contribution in [1.29, 1.82) is 0 Å². The molecule has 0 fully saturated rings. The summed E-state index contributed by atoms with van der Waals surface area (Å²) in [7, 11) is 0. The molecule has 0 aliphatic carbocycles. The van der Waals surface area contributed by atoms with Gasteiger partial charge in [0, 0.05) is 5.56 Å². The van der Waals surface area contributed by atoms with E-state index < -0.39 is 18.2 Å². The van der Waals surface area contributed by atoms with Crippen molar-refractivity contribution in [3.8, 4) is 5.75 Å². The Morgan fingerprint density at radius 3 is 2.50 bits per heavy atom. The number of carbonyl (C=O) groups is 1. The number of hydrogen-bond acceptors (Lipinski definition) is 2. The predicted molar refractivity (Wildman–Crippen MR) is 52.4 cm³/mol. The molecule has 0 spiro atoms. The molecule has 2 nitrogen and oxygen atoms in total. The van der Waals surface area contributed by atoms with Crippen LogP contribution in [-0.2, 0) is 6.42 Å². The van der Waals surface area contributed by atoms with E-state index in [2.05, 4.69) is 4.74 Å². The summed E-state index contributed by atoms with van der Waals surface area (Å²) in [6.07, 6.45) is 0.245. The molecule has 1 aromatic carbocycles. The number of alkyl halides is 2. The predicted octanol–water partition coefficient (Wildman–Crippen LogP) is 3.19. The SMILES string of the molecule is CCc1c(OC(F)F)ccc(F)c1C(C)=O. The Kier molecular flexibility index (Phi) is 3.93. The lowest BCUT2D eigenvalue weighted by molar-refractivity contribution is -0.0505. The summed E-state index contributed by atoms with van der Waals surface area (Å²) < 4.78 is 41.7. The fraction of sp³-hybridized carbons (Fsp3) is 0.364. The van der Waals surface area contributed by atoms with Crippen molar-refractivity contribution in [2.24, 2.45) is 0 Å². The molecular formula is C11H11F3O2. The van der Waals surface area contributed by atoms with Gasteiger partial charge in [0.2, 0.25) is 0 Å². The van der Waals surface area contributed by atoms with Crippen molar-refractivity contribution >= 4 is 5.78 Å². The summed E-state index contributed by atoms with van der Waals surface area (Å²) in [5.74, 6) is -1.37. The van der Waals surface area contributed by atoms with Crippen LogP contribution in [0.3, 0.4) is 0 Å². The van der Waals surface area contributed by atoms with Gasteiger partial charge < -0.3 is 4.74 Å². The zero-order chi connectivity index (χ0) is 12.3. The molecule has 88 valence electrons. The van der Waals surface area contributed by atoms with E-state index in [4.69, 9.17) is 0 Å². The Hall–Kier alpha value is -1.52. The molecular weight excluding hydrogens is 221 g/mol. The van der Waals surface area contributed by atoms with E-state index in [1.54, 1.807) is 6.92 Å². The lowest BCUT2D eigenvalue weighted by atomic mass is 10.0. The largest absolute Gasteiger partial charge is 0.435 e. The molecule has 16 heavy (non-hydrogen) atoms. The Morgan fingerprint density at radius 1 is 1.44 bits per heavy atom. The summed E-state index contributed by atoms with van der Waals surface area (Å²) in [6, 6.07) is 2.06. The molecule has 0 aliphatic rings. The Bertz CT molecular complexity index is 402. The second kappa shape index (κ2) is 5.01. The number of carbonyl (C=O) groups excluding carboxylic acids is 1. The van der Waals surface area contributed by atoms with Crippen molar-refractivity contribution < 1.29 is 22.7 Å². The molecule has 5 heteroatoms. The van der Waals surface area contributed by atoms with E-state index in [0.717, 1.165) is 12.1 Å². The lowest BCUT2D eigenvalue weighted by Crippen LogP contribution is -2.09. The maximum atomic E-state index is 13.3. The number of Topliss-reactive ketones (excluding diaryl/α,β-unsaturated/α-hetero) is 1. The first-order valence-corrected chi connectivity index (χ1v) is 4.74. The van der Waals surface area contributed by atoms with Gasteiger partial charge in [-0.2, -0.15) is 8.78 Å². The van der Waals surface area contributed by atoms with Gasteiger partial charge >= 0.3 is 6.61 Å². The number of benzene rings is 1. The highest BCUT2D eigenvalue weighted by molar-refractivity contribution is 5.96. The number of rotatable bonds is 4. The monoisotopic (exact) mass is 232 g/mol. The fourth-order valence-corrected chi connectivity index (χ4v) is 1.54. The fourth-order valence-electron chi connectivity index (χ4n) is 1.54. The van der Waals surface area contributed by atoms with Crippen LogP contribution in [0.1, 0.15) is 29.8 Å². The van der Waals surface area contributed by atoms with E-state index in [0.29, 0.717) is 0 Å². The standard InChI is InChI=1S/C11H11F3O2/c1-3-7-9(16-11(13)14)5-4-8(12)10(7)6(2)15/h4-5,11H,3H2,1-2H3. The lowest BCUT2D eigenvalue weighted by Gasteiger charge is -2.13. The van der Waals surface area contributed by atoms with Crippen molar-refractivity contribution in [2.75, 3.05) is 0 Å². The van der Waals surface area contributed by atoms with Crippen LogP contribution < -0.4 is 4.74 Å². The number of halogens is 3. The van der Waals surface area contributed by atoms with Gasteiger partial charge in [-0.05, 0) is 25.5 Å². The third kappa shape index (κ3) is 2.53. The molecule has 0 unspecified atom stereocenters. The van der Waals surface area contributed by atoms with Crippen LogP contribution in [0.5, 0.6) is 5.75 Å². The van der Waals surface area contributed by atoms with Crippen molar-refractivity contribution in [3.05, 3.63) is 29.1 Å². The minimum absolute atomic E-state index is 0.149. The summed E-state index contributed by atoms with van der Waals surface area (Å²) in [5, 5.41) is 0. The highest BCUT2D eigenvalue weighted by Gasteiger charge is 2.18. The normalized spacial score (nSPS) is 10.6. The van der Waals surface area contributed by atoms with Crippen LogP contribution in [0.25, 0.3) is 0 Å². The van der Waals surface area contributed by atoms with E-state index in [-0.39, 0.29) is 23.3 Å². The Labute approximate surface area is 91.0 Å². The van der Waals surface area contributed by atoms with E-state index in [9.17, 15) is 18.0 Å². The first-order valence-electron chi connectivity index (χ1n) is 4.74. The van der Waals surface area contributed by atoms with Gasteiger partial charge in [0.05, 0.1) is 5.56 Å². The van der Waals surface area contributed by atoms with Gasteiger partial charge in [0.1, 0.15) is 11.6 Å². The first-order chi connectivity index (χ1) is 7.47. The number of hydrogen-bond donors (Lipinski definition) is 0. The molecule has 0 aromatic heterocycles. The van der Waals surface area contributed by atoms with Gasteiger partial charge in [-0.25, -0.2) is 4.39 Å². The van der Waals surface area contributed by atoms with Crippen molar-refractivity contribution in [2.45, 2.75) is 26.9 Å². The zero-order valence-corrected chi connectivity index (χ0v) is 8.89. The van der Waals surface area contributed by atoms with E-state index in [1.165, 1.54) is 6.92 Å². The van der Waals surface area contributed by atoms with Crippen LogP contribution in [0, 0.1) is 5.82 Å². The van der Waals surface area contributed by atoms with Crippen LogP contribution in [0.2, 0.25) is 0 Å². The van der Waals surface area contributed by atoms with Gasteiger partial charge in [-0.3, -0.25) is 4.79 Å². The van der Waals surface area contributed by atoms with Crippen molar-refractivity contribution in [1.82, 2.24) is 0 Å². The summed E-state index contributed by atoms with van der Waals surface area (Å²) in [5.41, 5.74) is -0.00606. The molecule has 0 radical (unpaired) electrons. The topological polar surface area (TPSA) is 26.3 Å². The second-order valence-electron chi connectivity index (χ2n) is 3.19. The summed E-state index contributed by atoms with van der Waals surface area (Å²) in [4.78, 5) is 11.2. The molecule has 0 saturated carbocycles. The highest BCUT2D eigenvalue weighted by atomic mass is 19.3. The molecule has 0 atom stereocenters. The van der Waals surface area contributed by atoms with Crippen LogP contribution in [-0.4, -0.2) is 12.4 Å². The smallest absolute Gasteiger partial charge is 0.387 e. The molecule has 0 saturated heterocycles. The Morgan fingerprint density at radius 2 is 2.06 bits per heavy atom. The van der Waals surface area contributed by atoms with Crippen LogP contribution >= 0.6 is 0 Å². The van der Waals surface area contributed by atoms with Crippen LogP contribution in [0.15, 0.2) is 12.1 Å². The average molecular weight is 232 g/mol. The van der Waals surface area contributed by atoms with E-state index >= 15 is 0 Å². The van der Waals surface area contributed by atoms with E-state index in [1.807, 2.05) is 0 Å². The van der Waals surface area contributed by atoms with Gasteiger partial charge in [0.15, 0.2) is 5.78 Å². The third-order valence-corrected chi connectivity index (χ3v) is 2.14. The maximum Gasteiger partial charge on any atom is 0.387 e. The quantitative estimate of drug-likeness (QED) is 0.745. The summed E-state index contributed by atoms with van der Waals surface area (Å²) >= 11 is 0. The second-order valence-corrected chi connectivity index (χ2v) is 3.19. The highest BCUT2D eigenvalue weighted by Crippen LogP contribution is 2.27. The molecule has 0 heterocycles. The maximum absolute atomic E-state index is 13.3. The summed E-state index contributed by atoms with van der Waals surface area (Å²) in [6.45, 7) is -0.168. The van der Waals surface area contributed by atoms with Crippen molar-refractivity contribution in [3.63, 3.8) is 0 Å². The molecule has 1 aromatic rings. The minimum atomic E-state index is -2.99. The third-order valence-electron chi connectivity index (χ3n) is 2.14. The molecule has 0 bridgehead atoms. The molecule has 0 N–H and O–H groups in total.